The van der Waals surface area contributed by atoms with Crippen molar-refractivity contribution in [2.24, 2.45) is 11.8 Å². The van der Waals surface area contributed by atoms with Crippen LogP contribution >= 0.6 is 0 Å². The summed E-state index contributed by atoms with van der Waals surface area (Å²) in [6, 6.07) is 6.48. The van der Waals surface area contributed by atoms with Gasteiger partial charge in [0.25, 0.3) is 0 Å². The van der Waals surface area contributed by atoms with Crippen LogP contribution in [-0.4, -0.2) is 61.8 Å². The van der Waals surface area contributed by atoms with E-state index in [9.17, 15) is 14.4 Å². The first-order chi connectivity index (χ1) is 15.4. The van der Waals surface area contributed by atoms with E-state index in [4.69, 9.17) is 4.74 Å². The first kappa shape index (κ1) is 23.8. The minimum absolute atomic E-state index is 0.0100. The molecule has 9 heteroatoms. The zero-order valence-corrected chi connectivity index (χ0v) is 19.0. The molecule has 5 amide bonds. The lowest BCUT2D eigenvalue weighted by Crippen LogP contribution is -2.47. The molecule has 0 aromatic heterocycles. The Morgan fingerprint density at radius 1 is 1.03 bits per heavy atom. The van der Waals surface area contributed by atoms with Crippen molar-refractivity contribution in [2.75, 3.05) is 43.4 Å². The largest absolute Gasteiger partial charge is 0.376 e. The fourth-order valence-corrected chi connectivity index (χ4v) is 3.85. The number of ether oxygens (including phenoxy) is 1. The Morgan fingerprint density at radius 2 is 1.75 bits per heavy atom. The highest BCUT2D eigenvalue weighted by Crippen LogP contribution is 2.20. The van der Waals surface area contributed by atoms with Crippen molar-refractivity contribution in [3.05, 3.63) is 24.3 Å². The first-order valence-electron chi connectivity index (χ1n) is 11.5. The molecule has 0 bridgehead atoms. The van der Waals surface area contributed by atoms with Gasteiger partial charge in [0.1, 0.15) is 0 Å². The van der Waals surface area contributed by atoms with E-state index >= 15 is 0 Å². The SMILES string of the molecule is CC(C)CNC(=O)Nc1ccc(NC(=O)N2CCC[C@@H](C(=O)NC[C@H]3CCCO3)C2)cc1. The van der Waals surface area contributed by atoms with Gasteiger partial charge < -0.3 is 30.9 Å². The summed E-state index contributed by atoms with van der Waals surface area (Å²) in [6.45, 7) is 6.98. The van der Waals surface area contributed by atoms with Crippen molar-refractivity contribution < 1.29 is 19.1 Å². The van der Waals surface area contributed by atoms with Gasteiger partial charge in [-0.15, -0.1) is 0 Å². The molecule has 3 rings (SSSR count). The number of carbonyl (C=O) groups excluding carboxylic acids is 3. The summed E-state index contributed by atoms with van der Waals surface area (Å²) < 4.78 is 5.55. The summed E-state index contributed by atoms with van der Waals surface area (Å²) in [5.41, 5.74) is 1.28. The molecule has 4 N–H and O–H groups in total. The van der Waals surface area contributed by atoms with Gasteiger partial charge in [-0.25, -0.2) is 9.59 Å². The minimum atomic E-state index is -0.257. The third-order valence-electron chi connectivity index (χ3n) is 5.67. The molecule has 0 unspecified atom stereocenters. The van der Waals surface area contributed by atoms with Gasteiger partial charge in [-0.3, -0.25) is 4.79 Å². The van der Waals surface area contributed by atoms with Gasteiger partial charge in [0.15, 0.2) is 0 Å². The maximum absolute atomic E-state index is 12.7. The van der Waals surface area contributed by atoms with Crippen molar-refractivity contribution >= 4 is 29.3 Å². The number of piperidine rings is 1. The summed E-state index contributed by atoms with van der Waals surface area (Å²) in [4.78, 5) is 38.8. The number of urea groups is 2. The number of hydrogen-bond donors (Lipinski definition) is 4. The Balaban J connectivity index is 1.44. The second-order valence-corrected chi connectivity index (χ2v) is 8.90. The number of benzene rings is 1. The molecule has 9 nitrogen and oxygen atoms in total. The second kappa shape index (κ2) is 11.7. The number of rotatable bonds is 7. The van der Waals surface area contributed by atoms with Crippen LogP contribution in [0.2, 0.25) is 0 Å². The van der Waals surface area contributed by atoms with Gasteiger partial charge in [-0.1, -0.05) is 13.8 Å². The van der Waals surface area contributed by atoms with Crippen molar-refractivity contribution in [3.8, 4) is 0 Å². The van der Waals surface area contributed by atoms with Crippen LogP contribution in [-0.2, 0) is 9.53 Å². The zero-order chi connectivity index (χ0) is 22.9. The summed E-state index contributed by atoms with van der Waals surface area (Å²) in [5.74, 6) is 0.163. The number of amides is 5. The first-order valence-corrected chi connectivity index (χ1v) is 11.5. The number of likely N-dealkylation sites (tertiary alicyclic amines) is 1. The molecule has 2 saturated heterocycles. The van der Waals surface area contributed by atoms with Gasteiger partial charge in [0.05, 0.1) is 12.0 Å². The maximum atomic E-state index is 12.7. The molecular formula is C23H35N5O4. The smallest absolute Gasteiger partial charge is 0.321 e. The van der Waals surface area contributed by atoms with E-state index in [2.05, 4.69) is 21.3 Å². The quantitative estimate of drug-likeness (QED) is 0.517. The van der Waals surface area contributed by atoms with Crippen LogP contribution in [0.4, 0.5) is 21.0 Å². The zero-order valence-electron chi connectivity index (χ0n) is 19.0. The number of nitrogens with one attached hydrogen (secondary N) is 4. The van der Waals surface area contributed by atoms with Gasteiger partial charge in [0, 0.05) is 44.2 Å². The molecular weight excluding hydrogens is 410 g/mol. The molecule has 2 aliphatic heterocycles. The summed E-state index contributed by atoms with van der Waals surface area (Å²) in [7, 11) is 0. The lowest BCUT2D eigenvalue weighted by atomic mass is 9.97. The number of carbonyl (C=O) groups is 3. The van der Waals surface area contributed by atoms with Crippen LogP contribution in [0.15, 0.2) is 24.3 Å². The summed E-state index contributed by atoms with van der Waals surface area (Å²) >= 11 is 0. The molecule has 2 fully saturated rings. The van der Waals surface area contributed by atoms with Crippen LogP contribution in [0.25, 0.3) is 0 Å². The molecule has 2 aliphatic rings. The van der Waals surface area contributed by atoms with Crippen molar-refractivity contribution in [1.29, 1.82) is 0 Å². The van der Waals surface area contributed by atoms with Crippen LogP contribution in [0.5, 0.6) is 0 Å². The molecule has 0 saturated carbocycles. The highest BCUT2D eigenvalue weighted by Gasteiger charge is 2.29. The van der Waals surface area contributed by atoms with Crippen molar-refractivity contribution in [3.63, 3.8) is 0 Å². The van der Waals surface area contributed by atoms with E-state index in [1.54, 1.807) is 29.2 Å². The van der Waals surface area contributed by atoms with E-state index in [0.717, 1.165) is 32.3 Å². The third kappa shape index (κ3) is 7.40. The van der Waals surface area contributed by atoms with E-state index in [-0.39, 0.29) is 30.0 Å². The third-order valence-corrected chi connectivity index (χ3v) is 5.67. The Labute approximate surface area is 189 Å². The summed E-state index contributed by atoms with van der Waals surface area (Å²) in [6.07, 6.45) is 3.71. The number of nitrogens with zero attached hydrogens (tertiary/aromatic N) is 1. The van der Waals surface area contributed by atoms with Gasteiger partial charge >= 0.3 is 12.1 Å². The van der Waals surface area contributed by atoms with Crippen LogP contribution in [0, 0.1) is 11.8 Å². The van der Waals surface area contributed by atoms with Gasteiger partial charge in [-0.05, 0) is 55.9 Å². The average Bonchev–Trinajstić information content (AvgIpc) is 3.31. The highest BCUT2D eigenvalue weighted by molar-refractivity contribution is 5.92. The molecule has 176 valence electrons. The fraction of sp³-hybridized carbons (Fsp3) is 0.609. The molecule has 0 radical (unpaired) electrons. The molecule has 0 spiro atoms. The normalized spacial score (nSPS) is 20.7. The Hall–Kier alpha value is -2.81. The average molecular weight is 446 g/mol. The Morgan fingerprint density at radius 3 is 2.41 bits per heavy atom. The Kier molecular flexibility index (Phi) is 8.72. The van der Waals surface area contributed by atoms with E-state index in [1.165, 1.54) is 0 Å². The number of hydrogen-bond acceptors (Lipinski definition) is 4. The Bertz CT molecular complexity index is 777. The molecule has 2 atom stereocenters. The van der Waals surface area contributed by atoms with Gasteiger partial charge in [0.2, 0.25) is 5.91 Å². The standard InChI is InChI=1S/C23H35N5O4/c1-16(2)13-25-22(30)26-18-7-9-19(10-8-18)27-23(31)28-11-3-5-17(15-28)21(29)24-14-20-6-4-12-32-20/h7-10,16-17,20H,3-6,11-15H2,1-2H3,(H,24,29)(H,27,31)(H2,25,26,30)/t17-,20-/m1/s1. The molecule has 2 heterocycles. The van der Waals surface area contributed by atoms with Crippen LogP contribution in [0.3, 0.4) is 0 Å². The molecule has 1 aromatic rings. The summed E-state index contributed by atoms with van der Waals surface area (Å²) in [5, 5.41) is 11.4. The molecule has 0 aliphatic carbocycles. The number of anilines is 2. The predicted octanol–water partition coefficient (Wildman–Crippen LogP) is 3.00. The van der Waals surface area contributed by atoms with E-state index < -0.39 is 0 Å². The molecule has 1 aromatic carbocycles. The topological polar surface area (TPSA) is 112 Å². The second-order valence-electron chi connectivity index (χ2n) is 8.90. The van der Waals surface area contributed by atoms with E-state index in [0.29, 0.717) is 43.5 Å². The lowest BCUT2D eigenvalue weighted by molar-refractivity contribution is -0.126. The predicted molar refractivity (Wildman–Crippen MR) is 124 cm³/mol. The fourth-order valence-electron chi connectivity index (χ4n) is 3.85. The monoisotopic (exact) mass is 445 g/mol. The molecule has 32 heavy (non-hydrogen) atoms. The van der Waals surface area contributed by atoms with Gasteiger partial charge in [-0.2, -0.15) is 0 Å². The minimum Gasteiger partial charge on any atom is -0.376 e. The van der Waals surface area contributed by atoms with Crippen molar-refractivity contribution in [2.45, 2.75) is 45.6 Å². The van der Waals surface area contributed by atoms with E-state index in [1.807, 2.05) is 13.8 Å². The van der Waals surface area contributed by atoms with Crippen LogP contribution in [0.1, 0.15) is 39.5 Å². The maximum Gasteiger partial charge on any atom is 0.321 e. The van der Waals surface area contributed by atoms with Crippen LogP contribution < -0.4 is 21.3 Å². The lowest BCUT2D eigenvalue weighted by Gasteiger charge is -2.32. The highest BCUT2D eigenvalue weighted by atomic mass is 16.5. The van der Waals surface area contributed by atoms with Crippen molar-refractivity contribution in [1.82, 2.24) is 15.5 Å².